The second kappa shape index (κ2) is 9.43. The van der Waals surface area contributed by atoms with Gasteiger partial charge in [-0.3, -0.25) is 4.79 Å². The van der Waals surface area contributed by atoms with Crippen molar-refractivity contribution in [1.29, 1.82) is 0 Å². The fourth-order valence-electron chi connectivity index (χ4n) is 4.77. The average Bonchev–Trinajstić information content (AvgIpc) is 3.35. The Morgan fingerprint density at radius 2 is 1.83 bits per heavy atom. The molecule has 1 aliphatic rings. The molecule has 0 amide bonds. The predicted octanol–water partition coefficient (Wildman–Crippen LogP) is 4.26. The van der Waals surface area contributed by atoms with Crippen LogP contribution in [0.2, 0.25) is 0 Å². The van der Waals surface area contributed by atoms with Gasteiger partial charge in [0.15, 0.2) is 0 Å². The van der Waals surface area contributed by atoms with Crippen molar-refractivity contribution in [2.75, 3.05) is 36.5 Å². The third-order valence-electron chi connectivity index (χ3n) is 6.62. The molecule has 1 atom stereocenters. The molecule has 1 saturated heterocycles. The number of H-pyrrole nitrogens is 2. The predicted molar refractivity (Wildman–Crippen MR) is 141 cm³/mol. The highest BCUT2D eigenvalue weighted by molar-refractivity contribution is 5.99. The Hall–Kier alpha value is -4.24. The summed E-state index contributed by atoms with van der Waals surface area (Å²) >= 11 is 0. The number of morpholine rings is 1. The van der Waals surface area contributed by atoms with E-state index in [0.29, 0.717) is 22.9 Å². The lowest BCUT2D eigenvalue weighted by Crippen LogP contribution is -2.36. The van der Waals surface area contributed by atoms with Gasteiger partial charge < -0.3 is 24.9 Å². The summed E-state index contributed by atoms with van der Waals surface area (Å²) in [5.74, 6) is 1.19. The first-order valence-electron chi connectivity index (χ1n) is 12.2. The monoisotopic (exact) mass is 481 g/mol. The van der Waals surface area contributed by atoms with E-state index in [0.717, 1.165) is 60.3 Å². The van der Waals surface area contributed by atoms with E-state index in [-0.39, 0.29) is 11.6 Å². The van der Waals surface area contributed by atoms with Crippen LogP contribution >= 0.6 is 0 Å². The number of nitrogens with one attached hydrogen (secondary N) is 3. The molecule has 0 spiro atoms. The van der Waals surface area contributed by atoms with E-state index in [1.54, 1.807) is 18.5 Å². The number of rotatable bonds is 6. The van der Waals surface area contributed by atoms with Crippen molar-refractivity contribution in [2.24, 2.45) is 0 Å². The molecule has 2 aromatic carbocycles. The van der Waals surface area contributed by atoms with Crippen molar-refractivity contribution in [3.05, 3.63) is 77.1 Å². The highest BCUT2D eigenvalue weighted by Gasteiger charge is 2.22. The first-order chi connectivity index (χ1) is 17.7. The average molecular weight is 482 g/mol. The molecule has 6 rings (SSSR count). The van der Waals surface area contributed by atoms with Crippen LogP contribution in [-0.2, 0) is 4.74 Å². The maximum absolute atomic E-state index is 13.4. The van der Waals surface area contributed by atoms with Crippen molar-refractivity contribution < 1.29 is 4.74 Å². The summed E-state index contributed by atoms with van der Waals surface area (Å²) in [6.07, 6.45) is 4.21. The van der Waals surface area contributed by atoms with E-state index in [1.165, 1.54) is 0 Å². The number of ether oxygens (including phenoxy) is 1. The fourth-order valence-corrected chi connectivity index (χ4v) is 4.77. The molecule has 3 aromatic heterocycles. The molecule has 0 aliphatic carbocycles. The molecule has 5 aromatic rings. The van der Waals surface area contributed by atoms with E-state index < -0.39 is 0 Å². The topological polar surface area (TPSA) is 112 Å². The number of nitrogens with zero attached hydrogens (tertiary/aromatic N) is 4. The van der Waals surface area contributed by atoms with Crippen LogP contribution in [0.15, 0.2) is 65.7 Å². The van der Waals surface area contributed by atoms with Crippen LogP contribution in [0, 0.1) is 0 Å². The van der Waals surface area contributed by atoms with Crippen molar-refractivity contribution >= 4 is 33.3 Å². The number of aromatic nitrogens is 5. The van der Waals surface area contributed by atoms with Crippen molar-refractivity contribution in [3.8, 4) is 11.4 Å². The largest absolute Gasteiger partial charge is 0.378 e. The molecular weight excluding hydrogens is 454 g/mol. The number of pyridine rings is 1. The third kappa shape index (κ3) is 4.07. The van der Waals surface area contributed by atoms with Crippen LogP contribution in [0.3, 0.4) is 0 Å². The van der Waals surface area contributed by atoms with E-state index >= 15 is 0 Å². The van der Waals surface area contributed by atoms with Gasteiger partial charge in [-0.05, 0) is 36.8 Å². The van der Waals surface area contributed by atoms with Gasteiger partial charge in [-0.2, -0.15) is 0 Å². The second-order valence-corrected chi connectivity index (χ2v) is 8.85. The molecule has 36 heavy (non-hydrogen) atoms. The van der Waals surface area contributed by atoms with Gasteiger partial charge in [0.25, 0.3) is 5.56 Å². The van der Waals surface area contributed by atoms with Gasteiger partial charge in [0.2, 0.25) is 0 Å². The lowest BCUT2D eigenvalue weighted by Gasteiger charge is -2.28. The van der Waals surface area contributed by atoms with Gasteiger partial charge in [0, 0.05) is 36.6 Å². The summed E-state index contributed by atoms with van der Waals surface area (Å²) in [5, 5.41) is 4.48. The molecule has 1 fully saturated rings. The molecular formula is C27H27N7O2. The van der Waals surface area contributed by atoms with Gasteiger partial charge >= 0.3 is 0 Å². The third-order valence-corrected chi connectivity index (χ3v) is 6.62. The first-order valence-corrected chi connectivity index (χ1v) is 12.2. The van der Waals surface area contributed by atoms with Crippen LogP contribution in [0.25, 0.3) is 33.3 Å². The number of imidazole rings is 1. The fraction of sp³-hybridized carbons (Fsp3) is 0.259. The molecule has 0 bridgehead atoms. The smallest absolute Gasteiger partial charge is 0.261 e. The number of fused-ring (bicyclic) bond motifs is 2. The Morgan fingerprint density at radius 1 is 1.03 bits per heavy atom. The van der Waals surface area contributed by atoms with E-state index in [1.807, 2.05) is 30.3 Å². The molecule has 3 N–H and O–H groups in total. The minimum atomic E-state index is -0.215. The zero-order valence-corrected chi connectivity index (χ0v) is 20.0. The minimum Gasteiger partial charge on any atom is -0.378 e. The van der Waals surface area contributed by atoms with Gasteiger partial charge in [-0.15, -0.1) is 0 Å². The summed E-state index contributed by atoms with van der Waals surface area (Å²) in [6, 6.07) is 15.5. The van der Waals surface area contributed by atoms with Crippen LogP contribution < -0.4 is 15.8 Å². The molecule has 0 radical (unpaired) electrons. The summed E-state index contributed by atoms with van der Waals surface area (Å²) in [4.78, 5) is 35.9. The molecule has 4 heterocycles. The SMILES string of the molecule is CC[C@@H](Nc1c(-c2nc3ccc(N4CCOCC4)cc3[nH]2)c(=O)[nH]c2ccccc12)c1ncccn1. The summed E-state index contributed by atoms with van der Waals surface area (Å²) in [7, 11) is 0. The number of hydrogen-bond acceptors (Lipinski definition) is 7. The Balaban J connectivity index is 1.48. The first kappa shape index (κ1) is 22.2. The molecule has 9 nitrogen and oxygen atoms in total. The zero-order valence-electron chi connectivity index (χ0n) is 20.0. The Bertz CT molecular complexity index is 1570. The normalized spacial score (nSPS) is 14.9. The van der Waals surface area contributed by atoms with Crippen LogP contribution in [0.1, 0.15) is 25.2 Å². The minimum absolute atomic E-state index is 0.174. The quantitative estimate of drug-likeness (QED) is 0.332. The Kier molecular flexibility index (Phi) is 5.82. The zero-order chi connectivity index (χ0) is 24.5. The summed E-state index contributed by atoms with van der Waals surface area (Å²) in [6.45, 7) is 5.21. The summed E-state index contributed by atoms with van der Waals surface area (Å²) in [5.41, 5.74) is 4.51. The molecule has 0 saturated carbocycles. The number of anilines is 2. The molecule has 9 heteroatoms. The number of para-hydroxylation sites is 1. The van der Waals surface area contributed by atoms with Gasteiger partial charge in [-0.1, -0.05) is 25.1 Å². The van der Waals surface area contributed by atoms with Gasteiger partial charge in [0.05, 0.1) is 41.5 Å². The van der Waals surface area contributed by atoms with Crippen molar-refractivity contribution in [3.63, 3.8) is 0 Å². The van der Waals surface area contributed by atoms with Crippen LogP contribution in [0.5, 0.6) is 0 Å². The number of hydrogen-bond donors (Lipinski definition) is 3. The van der Waals surface area contributed by atoms with Crippen LogP contribution in [-0.4, -0.2) is 51.2 Å². The van der Waals surface area contributed by atoms with Gasteiger partial charge in [0.1, 0.15) is 17.2 Å². The van der Waals surface area contributed by atoms with E-state index in [9.17, 15) is 4.79 Å². The lowest BCUT2D eigenvalue weighted by atomic mass is 10.1. The number of benzene rings is 2. The number of aromatic amines is 2. The van der Waals surface area contributed by atoms with E-state index in [2.05, 4.69) is 49.2 Å². The van der Waals surface area contributed by atoms with E-state index in [4.69, 9.17) is 9.72 Å². The maximum atomic E-state index is 13.4. The summed E-state index contributed by atoms with van der Waals surface area (Å²) < 4.78 is 5.49. The van der Waals surface area contributed by atoms with Crippen molar-refractivity contribution in [1.82, 2.24) is 24.9 Å². The van der Waals surface area contributed by atoms with Crippen molar-refractivity contribution in [2.45, 2.75) is 19.4 Å². The molecule has 182 valence electrons. The standard InChI is InChI=1S/C27H27N7O2/c1-2-19(25-28-10-5-11-29-25)30-24-18-6-3-4-7-20(18)33-27(35)23(24)26-31-21-9-8-17(16-22(21)32-26)34-12-14-36-15-13-34/h3-11,16,19H,2,12-15H2,1H3,(H,31,32)(H2,30,33,35)/t19-/m1/s1. The molecule has 0 unspecified atom stereocenters. The van der Waals surface area contributed by atoms with Crippen LogP contribution in [0.4, 0.5) is 11.4 Å². The Morgan fingerprint density at radius 3 is 2.64 bits per heavy atom. The van der Waals surface area contributed by atoms with Gasteiger partial charge in [-0.25, -0.2) is 15.0 Å². The highest BCUT2D eigenvalue weighted by Crippen LogP contribution is 2.34. The Labute approximate surface area is 207 Å². The highest BCUT2D eigenvalue weighted by atomic mass is 16.5. The molecule has 1 aliphatic heterocycles. The lowest BCUT2D eigenvalue weighted by molar-refractivity contribution is 0.122. The second-order valence-electron chi connectivity index (χ2n) is 8.85. The maximum Gasteiger partial charge on any atom is 0.261 e.